The molecule has 0 aromatic heterocycles. The third-order valence-corrected chi connectivity index (χ3v) is 2.78. The third-order valence-electron chi connectivity index (χ3n) is 2.78. The van der Waals surface area contributed by atoms with Gasteiger partial charge in [-0.1, -0.05) is 12.1 Å². The molecule has 0 heterocycles. The highest BCUT2D eigenvalue weighted by atomic mass is 19.1. The van der Waals surface area contributed by atoms with Crippen molar-refractivity contribution < 1.29 is 18.8 Å². The van der Waals surface area contributed by atoms with E-state index in [2.05, 4.69) is 13.8 Å². The molecule has 0 aliphatic heterocycles. The van der Waals surface area contributed by atoms with E-state index in [0.717, 1.165) is 19.6 Å². The van der Waals surface area contributed by atoms with Crippen molar-refractivity contribution in [2.24, 2.45) is 0 Å². The van der Waals surface area contributed by atoms with Gasteiger partial charge in [-0.25, -0.2) is 9.18 Å². The van der Waals surface area contributed by atoms with E-state index in [1.807, 2.05) is 0 Å². The largest absolute Gasteiger partial charge is 0.456 e. The molecule has 1 aromatic carbocycles. The van der Waals surface area contributed by atoms with Gasteiger partial charge in [0.2, 0.25) is 0 Å². The zero-order chi connectivity index (χ0) is 12.7. The summed E-state index contributed by atoms with van der Waals surface area (Å²) in [5, 5.41) is 0. The highest BCUT2D eigenvalue weighted by Crippen LogP contribution is 2.07. The third kappa shape index (κ3) is 4.15. The van der Waals surface area contributed by atoms with Gasteiger partial charge in [-0.3, -0.25) is 0 Å². The van der Waals surface area contributed by atoms with Gasteiger partial charge < -0.3 is 9.64 Å². The van der Waals surface area contributed by atoms with E-state index >= 15 is 0 Å². The topological polar surface area (TPSA) is 30.7 Å². The van der Waals surface area contributed by atoms with Crippen LogP contribution in [-0.4, -0.2) is 32.2 Å². The van der Waals surface area contributed by atoms with Crippen molar-refractivity contribution in [2.45, 2.75) is 13.8 Å². The maximum absolute atomic E-state index is 13.3. The fourth-order valence-corrected chi connectivity index (χ4v) is 1.60. The quantitative estimate of drug-likeness (QED) is 0.749. The van der Waals surface area contributed by atoms with Crippen LogP contribution in [0.25, 0.3) is 0 Å². The van der Waals surface area contributed by atoms with Crippen LogP contribution in [0.1, 0.15) is 24.2 Å². The Kier molecular flexibility index (Phi) is 5.63. The van der Waals surface area contributed by atoms with Crippen molar-refractivity contribution in [1.82, 2.24) is 0 Å². The average molecular weight is 240 g/mol. The summed E-state index contributed by atoms with van der Waals surface area (Å²) >= 11 is 0. The summed E-state index contributed by atoms with van der Waals surface area (Å²) in [6, 6.07) is 5.86. The van der Waals surface area contributed by atoms with Crippen LogP contribution in [0.5, 0.6) is 0 Å². The fourth-order valence-electron chi connectivity index (χ4n) is 1.60. The van der Waals surface area contributed by atoms with Crippen molar-refractivity contribution in [3.63, 3.8) is 0 Å². The van der Waals surface area contributed by atoms with Crippen molar-refractivity contribution in [1.29, 1.82) is 0 Å². The Morgan fingerprint density at radius 2 is 1.94 bits per heavy atom. The van der Waals surface area contributed by atoms with Crippen molar-refractivity contribution in [3.05, 3.63) is 35.6 Å². The summed E-state index contributed by atoms with van der Waals surface area (Å²) in [4.78, 5) is 12.9. The Hall–Kier alpha value is -1.42. The number of carbonyl (C=O) groups excluding carboxylic acids is 1. The zero-order valence-electron chi connectivity index (χ0n) is 10.3. The second-order valence-electron chi connectivity index (χ2n) is 3.82. The van der Waals surface area contributed by atoms with Crippen molar-refractivity contribution >= 4 is 5.97 Å². The lowest BCUT2D eigenvalue weighted by Crippen LogP contribution is -3.11. The number of ether oxygens (including phenoxy) is 1. The maximum Gasteiger partial charge on any atom is 0.341 e. The molecule has 3 nitrogen and oxygen atoms in total. The maximum atomic E-state index is 13.3. The van der Waals surface area contributed by atoms with Gasteiger partial charge in [0, 0.05) is 0 Å². The van der Waals surface area contributed by atoms with E-state index in [-0.39, 0.29) is 5.56 Å². The van der Waals surface area contributed by atoms with E-state index in [9.17, 15) is 9.18 Å². The van der Waals surface area contributed by atoms with Gasteiger partial charge in [-0.2, -0.15) is 0 Å². The Morgan fingerprint density at radius 3 is 2.53 bits per heavy atom. The number of carbonyl (C=O) groups is 1. The van der Waals surface area contributed by atoms with Crippen LogP contribution in [0.2, 0.25) is 0 Å². The molecule has 1 aromatic rings. The first-order valence-corrected chi connectivity index (χ1v) is 5.94. The summed E-state index contributed by atoms with van der Waals surface area (Å²) in [5.41, 5.74) is 0.00190. The van der Waals surface area contributed by atoms with E-state index in [0.29, 0.717) is 6.61 Å². The van der Waals surface area contributed by atoms with Gasteiger partial charge >= 0.3 is 5.97 Å². The number of rotatable bonds is 6. The molecule has 0 fully saturated rings. The Balaban J connectivity index is 2.43. The van der Waals surface area contributed by atoms with Crippen LogP contribution in [0, 0.1) is 5.82 Å². The standard InChI is InChI=1S/C13H18FNO2/c1-3-15(4-2)9-10-17-13(16)11-7-5-6-8-12(11)14/h5-8H,3-4,9-10H2,1-2H3/p+1. The fraction of sp³-hybridized carbons (Fsp3) is 0.462. The predicted molar refractivity (Wildman–Crippen MR) is 63.6 cm³/mol. The monoisotopic (exact) mass is 240 g/mol. The van der Waals surface area contributed by atoms with Gasteiger partial charge in [0.15, 0.2) is 0 Å². The molecule has 0 radical (unpaired) electrons. The highest BCUT2D eigenvalue weighted by molar-refractivity contribution is 5.89. The van der Waals surface area contributed by atoms with Crippen LogP contribution in [-0.2, 0) is 4.74 Å². The SMILES string of the molecule is CC[NH+](CC)CCOC(=O)c1ccccc1F. The van der Waals surface area contributed by atoms with Gasteiger partial charge in [0.1, 0.15) is 19.0 Å². The minimum absolute atomic E-state index is 0.00190. The number of benzene rings is 1. The first-order valence-electron chi connectivity index (χ1n) is 5.94. The number of esters is 1. The number of likely N-dealkylation sites (N-methyl/N-ethyl adjacent to an activating group) is 1. The van der Waals surface area contributed by atoms with Gasteiger partial charge in [-0.05, 0) is 26.0 Å². The molecule has 0 unspecified atom stereocenters. The number of quaternary nitrogens is 1. The molecular weight excluding hydrogens is 221 g/mol. The highest BCUT2D eigenvalue weighted by Gasteiger charge is 2.12. The first kappa shape index (κ1) is 13.6. The van der Waals surface area contributed by atoms with Crippen LogP contribution in [0.15, 0.2) is 24.3 Å². The molecule has 0 saturated carbocycles. The molecule has 4 heteroatoms. The summed E-state index contributed by atoms with van der Waals surface area (Å²) in [5.74, 6) is -1.12. The molecule has 0 aliphatic carbocycles. The molecule has 0 saturated heterocycles. The Bertz CT molecular complexity index is 364. The summed E-state index contributed by atoms with van der Waals surface area (Å²) in [6.07, 6.45) is 0. The van der Waals surface area contributed by atoms with Gasteiger partial charge in [0.25, 0.3) is 0 Å². The summed E-state index contributed by atoms with van der Waals surface area (Å²) < 4.78 is 18.3. The normalized spacial score (nSPS) is 10.6. The molecule has 0 amide bonds. The molecule has 0 atom stereocenters. The number of hydrogen-bond acceptors (Lipinski definition) is 2. The van der Waals surface area contributed by atoms with Crippen molar-refractivity contribution in [2.75, 3.05) is 26.2 Å². The van der Waals surface area contributed by atoms with Crippen LogP contribution < -0.4 is 4.90 Å². The van der Waals surface area contributed by atoms with Gasteiger partial charge in [-0.15, -0.1) is 0 Å². The molecule has 1 rings (SSSR count). The molecular formula is C13H19FNO2+. The molecule has 0 bridgehead atoms. The minimum atomic E-state index is -0.588. The van der Waals surface area contributed by atoms with Gasteiger partial charge in [0.05, 0.1) is 18.7 Å². The molecule has 94 valence electrons. The lowest BCUT2D eigenvalue weighted by Gasteiger charge is -2.15. The lowest BCUT2D eigenvalue weighted by molar-refractivity contribution is -0.896. The molecule has 1 N–H and O–H groups in total. The molecule has 0 aliphatic rings. The zero-order valence-corrected chi connectivity index (χ0v) is 10.3. The lowest BCUT2D eigenvalue weighted by atomic mass is 10.2. The second kappa shape index (κ2) is 7.01. The number of hydrogen-bond donors (Lipinski definition) is 1. The Morgan fingerprint density at radius 1 is 1.29 bits per heavy atom. The smallest absolute Gasteiger partial charge is 0.341 e. The van der Waals surface area contributed by atoms with Crippen LogP contribution in [0.3, 0.4) is 0 Å². The van der Waals surface area contributed by atoms with Crippen LogP contribution >= 0.6 is 0 Å². The summed E-state index contributed by atoms with van der Waals surface area (Å²) in [6.45, 7) is 7.23. The van der Waals surface area contributed by atoms with E-state index in [4.69, 9.17) is 4.74 Å². The van der Waals surface area contributed by atoms with E-state index in [1.54, 1.807) is 12.1 Å². The van der Waals surface area contributed by atoms with E-state index < -0.39 is 11.8 Å². The number of halogens is 1. The predicted octanol–water partition coefficient (Wildman–Crippen LogP) is 0.907. The second-order valence-corrected chi connectivity index (χ2v) is 3.82. The molecule has 17 heavy (non-hydrogen) atoms. The minimum Gasteiger partial charge on any atom is -0.456 e. The number of nitrogens with one attached hydrogen (secondary N) is 1. The first-order chi connectivity index (χ1) is 8.19. The van der Waals surface area contributed by atoms with Crippen LogP contribution in [0.4, 0.5) is 4.39 Å². The summed E-state index contributed by atoms with van der Waals surface area (Å²) in [7, 11) is 0. The van der Waals surface area contributed by atoms with E-state index in [1.165, 1.54) is 17.0 Å². The average Bonchev–Trinajstić information content (AvgIpc) is 2.35. The van der Waals surface area contributed by atoms with Crippen molar-refractivity contribution in [3.8, 4) is 0 Å². The molecule has 0 spiro atoms. The Labute approximate surface area is 101 Å².